The number of hydrogen-bond acceptors (Lipinski definition) is 3. The standard InChI is InChI=1S/C9H18N2OS/c1-7(9(10)13)11-5-3-2-4-8(11)6-12/h7-8,12H,2-6H2,1H3,(H2,10,13). The Balaban J connectivity index is 2.58. The highest BCUT2D eigenvalue weighted by atomic mass is 32.1. The SMILES string of the molecule is CC(C(N)=S)N1CCCCC1CO. The molecule has 1 fully saturated rings. The topological polar surface area (TPSA) is 49.5 Å². The second-order valence-electron chi connectivity index (χ2n) is 3.65. The van der Waals surface area contributed by atoms with Crippen LogP contribution in [-0.4, -0.2) is 40.2 Å². The lowest BCUT2D eigenvalue weighted by molar-refractivity contribution is 0.0798. The van der Waals surface area contributed by atoms with E-state index in [1.807, 2.05) is 6.92 Å². The van der Waals surface area contributed by atoms with Crippen LogP contribution in [0.4, 0.5) is 0 Å². The van der Waals surface area contributed by atoms with Crippen molar-refractivity contribution in [2.75, 3.05) is 13.2 Å². The number of rotatable bonds is 3. The minimum atomic E-state index is 0.118. The highest BCUT2D eigenvalue weighted by molar-refractivity contribution is 7.80. The third-order valence-electron chi connectivity index (χ3n) is 2.79. The van der Waals surface area contributed by atoms with Crippen LogP contribution in [0, 0.1) is 0 Å². The van der Waals surface area contributed by atoms with E-state index < -0.39 is 0 Å². The van der Waals surface area contributed by atoms with Gasteiger partial charge in [-0.2, -0.15) is 0 Å². The first-order valence-electron chi connectivity index (χ1n) is 4.82. The molecule has 13 heavy (non-hydrogen) atoms. The molecule has 76 valence electrons. The maximum Gasteiger partial charge on any atom is 0.0899 e. The van der Waals surface area contributed by atoms with Gasteiger partial charge in [-0.25, -0.2) is 0 Å². The summed E-state index contributed by atoms with van der Waals surface area (Å²) in [4.78, 5) is 2.74. The van der Waals surface area contributed by atoms with Crippen molar-refractivity contribution in [1.82, 2.24) is 4.90 Å². The summed E-state index contributed by atoms with van der Waals surface area (Å²) < 4.78 is 0. The van der Waals surface area contributed by atoms with Crippen molar-refractivity contribution in [3.8, 4) is 0 Å². The average Bonchev–Trinajstić information content (AvgIpc) is 2.16. The van der Waals surface area contributed by atoms with E-state index in [0.29, 0.717) is 4.99 Å². The van der Waals surface area contributed by atoms with Crippen molar-refractivity contribution >= 4 is 17.2 Å². The predicted octanol–water partition coefficient (Wildman–Crippen LogP) is 0.508. The predicted molar refractivity (Wildman–Crippen MR) is 57.7 cm³/mol. The molecule has 0 aromatic rings. The molecule has 0 saturated carbocycles. The molecule has 2 unspecified atom stereocenters. The summed E-state index contributed by atoms with van der Waals surface area (Å²) in [5.41, 5.74) is 5.59. The zero-order valence-electron chi connectivity index (χ0n) is 8.07. The summed E-state index contributed by atoms with van der Waals surface area (Å²) >= 11 is 4.95. The molecular weight excluding hydrogens is 184 g/mol. The van der Waals surface area contributed by atoms with Crippen LogP contribution in [0.2, 0.25) is 0 Å². The molecular formula is C9H18N2OS. The molecule has 3 N–H and O–H groups in total. The Morgan fingerprint density at radius 2 is 2.38 bits per heavy atom. The van der Waals surface area contributed by atoms with Crippen molar-refractivity contribution < 1.29 is 5.11 Å². The second kappa shape index (κ2) is 4.88. The zero-order chi connectivity index (χ0) is 9.84. The van der Waals surface area contributed by atoms with Gasteiger partial charge in [-0.1, -0.05) is 18.6 Å². The number of piperidine rings is 1. The highest BCUT2D eigenvalue weighted by Crippen LogP contribution is 2.19. The number of aliphatic hydroxyl groups excluding tert-OH is 1. The summed E-state index contributed by atoms with van der Waals surface area (Å²) in [6.45, 7) is 3.23. The smallest absolute Gasteiger partial charge is 0.0899 e. The number of aliphatic hydroxyl groups is 1. The van der Waals surface area contributed by atoms with Crippen molar-refractivity contribution in [2.24, 2.45) is 5.73 Å². The fourth-order valence-corrected chi connectivity index (χ4v) is 2.03. The number of hydrogen-bond donors (Lipinski definition) is 2. The summed E-state index contributed by atoms with van der Waals surface area (Å²) in [5, 5.41) is 9.17. The molecule has 2 atom stereocenters. The van der Waals surface area contributed by atoms with Crippen LogP contribution in [0.3, 0.4) is 0 Å². The van der Waals surface area contributed by atoms with Gasteiger partial charge in [0.25, 0.3) is 0 Å². The summed E-state index contributed by atoms with van der Waals surface area (Å²) in [5.74, 6) is 0. The lowest BCUT2D eigenvalue weighted by Crippen LogP contribution is -2.51. The Morgan fingerprint density at radius 3 is 2.92 bits per heavy atom. The number of likely N-dealkylation sites (tertiary alicyclic amines) is 1. The Hall–Kier alpha value is -0.190. The molecule has 0 spiro atoms. The van der Waals surface area contributed by atoms with Crippen LogP contribution in [0.15, 0.2) is 0 Å². The van der Waals surface area contributed by atoms with Crippen molar-refractivity contribution in [1.29, 1.82) is 0 Å². The van der Waals surface area contributed by atoms with E-state index in [0.717, 1.165) is 13.0 Å². The van der Waals surface area contributed by atoms with Gasteiger partial charge in [0.1, 0.15) is 0 Å². The van der Waals surface area contributed by atoms with Gasteiger partial charge in [-0.3, -0.25) is 4.90 Å². The fourth-order valence-electron chi connectivity index (χ4n) is 1.89. The molecule has 0 aromatic carbocycles. The van der Waals surface area contributed by atoms with Gasteiger partial charge in [0.05, 0.1) is 17.6 Å². The second-order valence-corrected chi connectivity index (χ2v) is 4.12. The molecule has 1 aliphatic heterocycles. The van der Waals surface area contributed by atoms with E-state index in [-0.39, 0.29) is 18.7 Å². The molecule has 0 aliphatic carbocycles. The monoisotopic (exact) mass is 202 g/mol. The van der Waals surface area contributed by atoms with Crippen LogP contribution >= 0.6 is 12.2 Å². The first-order chi connectivity index (χ1) is 6.16. The Kier molecular flexibility index (Phi) is 4.09. The number of nitrogens with two attached hydrogens (primary N) is 1. The molecule has 4 heteroatoms. The van der Waals surface area contributed by atoms with Gasteiger partial charge < -0.3 is 10.8 Å². The molecule has 3 nitrogen and oxygen atoms in total. The lowest BCUT2D eigenvalue weighted by atomic mass is 10.0. The zero-order valence-corrected chi connectivity index (χ0v) is 8.89. The molecule has 0 radical (unpaired) electrons. The van der Waals surface area contributed by atoms with Gasteiger partial charge in [0.15, 0.2) is 0 Å². The molecule has 1 saturated heterocycles. The average molecular weight is 202 g/mol. The van der Waals surface area contributed by atoms with Gasteiger partial charge in [-0.15, -0.1) is 0 Å². The van der Waals surface area contributed by atoms with E-state index in [1.54, 1.807) is 0 Å². The quantitative estimate of drug-likeness (QED) is 0.655. The molecule has 1 heterocycles. The minimum absolute atomic E-state index is 0.118. The number of thiocarbonyl (C=S) groups is 1. The van der Waals surface area contributed by atoms with Gasteiger partial charge in [-0.05, 0) is 26.3 Å². The highest BCUT2D eigenvalue weighted by Gasteiger charge is 2.26. The van der Waals surface area contributed by atoms with Crippen molar-refractivity contribution in [3.63, 3.8) is 0 Å². The van der Waals surface area contributed by atoms with Crippen LogP contribution in [0.5, 0.6) is 0 Å². The molecule has 0 bridgehead atoms. The van der Waals surface area contributed by atoms with E-state index in [4.69, 9.17) is 23.1 Å². The van der Waals surface area contributed by atoms with Gasteiger partial charge in [0.2, 0.25) is 0 Å². The largest absolute Gasteiger partial charge is 0.395 e. The first kappa shape index (κ1) is 10.9. The molecule has 0 aromatic heterocycles. The summed E-state index contributed by atoms with van der Waals surface area (Å²) in [7, 11) is 0. The third-order valence-corrected chi connectivity index (χ3v) is 3.13. The van der Waals surface area contributed by atoms with E-state index >= 15 is 0 Å². The van der Waals surface area contributed by atoms with Crippen molar-refractivity contribution in [2.45, 2.75) is 38.3 Å². The fraction of sp³-hybridized carbons (Fsp3) is 0.889. The Labute approximate surface area is 84.9 Å². The van der Waals surface area contributed by atoms with Crippen LogP contribution in [0.1, 0.15) is 26.2 Å². The maximum absolute atomic E-state index is 9.17. The first-order valence-corrected chi connectivity index (χ1v) is 5.23. The number of nitrogens with zero attached hydrogens (tertiary/aromatic N) is 1. The van der Waals surface area contributed by atoms with Crippen LogP contribution < -0.4 is 5.73 Å². The Bertz CT molecular complexity index is 186. The van der Waals surface area contributed by atoms with Crippen LogP contribution in [-0.2, 0) is 0 Å². The maximum atomic E-state index is 9.17. The molecule has 1 rings (SSSR count). The summed E-state index contributed by atoms with van der Waals surface area (Å²) in [6, 6.07) is 0.373. The van der Waals surface area contributed by atoms with Crippen molar-refractivity contribution in [3.05, 3.63) is 0 Å². The Morgan fingerprint density at radius 1 is 1.69 bits per heavy atom. The lowest BCUT2D eigenvalue weighted by Gasteiger charge is -2.38. The van der Waals surface area contributed by atoms with Crippen LogP contribution in [0.25, 0.3) is 0 Å². The minimum Gasteiger partial charge on any atom is -0.395 e. The van der Waals surface area contributed by atoms with E-state index in [2.05, 4.69) is 4.90 Å². The molecule has 1 aliphatic rings. The summed E-state index contributed by atoms with van der Waals surface area (Å²) in [6.07, 6.45) is 3.44. The normalized spacial score (nSPS) is 27.1. The third kappa shape index (κ3) is 2.62. The molecule has 0 amide bonds. The van der Waals surface area contributed by atoms with E-state index in [9.17, 15) is 0 Å². The van der Waals surface area contributed by atoms with Gasteiger partial charge >= 0.3 is 0 Å². The van der Waals surface area contributed by atoms with Gasteiger partial charge in [0, 0.05) is 6.04 Å². The van der Waals surface area contributed by atoms with E-state index in [1.165, 1.54) is 12.8 Å².